The van der Waals surface area contributed by atoms with Crippen molar-refractivity contribution in [3.05, 3.63) is 0 Å². The summed E-state index contributed by atoms with van der Waals surface area (Å²) in [6, 6.07) is -0.429. The maximum atomic E-state index is 11.6. The van der Waals surface area contributed by atoms with Crippen molar-refractivity contribution in [3.63, 3.8) is 0 Å². The van der Waals surface area contributed by atoms with Gasteiger partial charge in [-0.1, -0.05) is 0 Å². The van der Waals surface area contributed by atoms with Gasteiger partial charge in [0.25, 0.3) is 0 Å². The molecule has 2 aliphatic rings. The Balaban J connectivity index is 1.75. The van der Waals surface area contributed by atoms with Gasteiger partial charge in [0.2, 0.25) is 5.91 Å². The lowest BCUT2D eigenvalue weighted by Gasteiger charge is -2.45. The van der Waals surface area contributed by atoms with Crippen LogP contribution in [0.5, 0.6) is 0 Å². The van der Waals surface area contributed by atoms with E-state index >= 15 is 0 Å². The molecule has 0 radical (unpaired) electrons. The summed E-state index contributed by atoms with van der Waals surface area (Å²) in [6.45, 7) is 5.12. The molecule has 0 aromatic rings. The Morgan fingerprint density at radius 3 is 2.80 bits per heavy atom. The summed E-state index contributed by atoms with van der Waals surface area (Å²) >= 11 is 0. The first kappa shape index (κ1) is 15.3. The minimum absolute atomic E-state index is 0.203. The fourth-order valence-corrected chi connectivity index (χ4v) is 3.39. The number of piperidine rings is 2. The van der Waals surface area contributed by atoms with Crippen LogP contribution in [0.25, 0.3) is 0 Å². The molecule has 0 bridgehead atoms. The second kappa shape index (κ2) is 7.04. The average Bonchev–Trinajstić information content (AvgIpc) is 2.46. The number of urea groups is 1. The van der Waals surface area contributed by atoms with Crippen LogP contribution in [0.1, 0.15) is 32.1 Å². The molecule has 0 aliphatic carbocycles. The number of nitrogens with zero attached hydrogens (tertiary/aromatic N) is 1. The number of amides is 3. The number of carbonyl (C=O) groups excluding carboxylic acids is 2. The molecule has 20 heavy (non-hydrogen) atoms. The number of nitrogens with one attached hydrogen (secondary N) is 3. The molecule has 2 saturated heterocycles. The first-order chi connectivity index (χ1) is 9.63. The molecule has 0 aromatic carbocycles. The molecule has 2 heterocycles. The zero-order valence-corrected chi connectivity index (χ0v) is 12.3. The maximum Gasteiger partial charge on any atom is 0.321 e. The number of hydrogen-bond donors (Lipinski definition) is 3. The summed E-state index contributed by atoms with van der Waals surface area (Å²) in [4.78, 5) is 25.0. The summed E-state index contributed by atoms with van der Waals surface area (Å²) < 4.78 is 0. The highest BCUT2D eigenvalue weighted by Crippen LogP contribution is 2.35. The zero-order chi connectivity index (χ0) is 14.4. The Morgan fingerprint density at radius 1 is 1.30 bits per heavy atom. The van der Waals surface area contributed by atoms with Gasteiger partial charge in [0.05, 0.1) is 0 Å². The Hall–Kier alpha value is -1.14. The Kier molecular flexibility index (Phi) is 5.37. The van der Waals surface area contributed by atoms with Crippen molar-refractivity contribution < 1.29 is 9.59 Å². The number of imide groups is 1. The van der Waals surface area contributed by atoms with Gasteiger partial charge in [-0.05, 0) is 44.2 Å². The molecule has 2 aliphatic heterocycles. The maximum absolute atomic E-state index is 11.6. The predicted molar refractivity (Wildman–Crippen MR) is 77.4 cm³/mol. The van der Waals surface area contributed by atoms with Crippen molar-refractivity contribution in [3.8, 4) is 0 Å². The summed E-state index contributed by atoms with van der Waals surface area (Å²) in [6.07, 6.45) is 5.43. The van der Waals surface area contributed by atoms with E-state index in [2.05, 4.69) is 20.9 Å². The number of rotatable bonds is 3. The topological polar surface area (TPSA) is 73.5 Å². The first-order valence-corrected chi connectivity index (χ1v) is 7.58. The second-order valence-corrected chi connectivity index (χ2v) is 6.04. The van der Waals surface area contributed by atoms with E-state index in [1.54, 1.807) is 0 Å². The van der Waals surface area contributed by atoms with Crippen molar-refractivity contribution in [2.45, 2.75) is 32.1 Å². The minimum atomic E-state index is -0.429. The van der Waals surface area contributed by atoms with E-state index in [9.17, 15) is 9.59 Å². The van der Waals surface area contributed by atoms with Crippen LogP contribution in [0.4, 0.5) is 4.79 Å². The third kappa shape index (κ3) is 4.18. The highest BCUT2D eigenvalue weighted by Gasteiger charge is 2.36. The Bertz CT molecular complexity index is 348. The van der Waals surface area contributed by atoms with Gasteiger partial charge in [-0.2, -0.15) is 0 Å². The average molecular weight is 282 g/mol. The van der Waals surface area contributed by atoms with Crippen molar-refractivity contribution in [2.75, 3.05) is 39.8 Å². The monoisotopic (exact) mass is 282 g/mol. The Labute approximate surface area is 120 Å². The van der Waals surface area contributed by atoms with Crippen LogP contribution < -0.4 is 16.0 Å². The van der Waals surface area contributed by atoms with Crippen LogP contribution in [0, 0.1) is 5.41 Å². The molecule has 6 heteroatoms. The van der Waals surface area contributed by atoms with Crippen LogP contribution in [-0.2, 0) is 4.79 Å². The minimum Gasteiger partial charge on any atom is -0.341 e. The van der Waals surface area contributed by atoms with Gasteiger partial charge in [0.15, 0.2) is 0 Å². The van der Waals surface area contributed by atoms with Crippen LogP contribution >= 0.6 is 0 Å². The van der Waals surface area contributed by atoms with E-state index in [4.69, 9.17) is 0 Å². The molecule has 2 fully saturated rings. The summed E-state index contributed by atoms with van der Waals surface area (Å²) in [7, 11) is 1.51. The lowest BCUT2D eigenvalue weighted by Crippen LogP contribution is -2.51. The van der Waals surface area contributed by atoms with Crippen molar-refractivity contribution in [2.24, 2.45) is 5.41 Å². The summed E-state index contributed by atoms with van der Waals surface area (Å²) in [5.74, 6) is -0.203. The highest BCUT2D eigenvalue weighted by molar-refractivity contribution is 5.94. The molecular weight excluding hydrogens is 256 g/mol. The second-order valence-electron chi connectivity index (χ2n) is 6.04. The zero-order valence-electron chi connectivity index (χ0n) is 12.3. The standard InChI is InChI=1S/C14H26N4O2/c1-15-13(20)17-12(19)4-9-18-8-3-6-14(11-18)5-2-7-16-10-14/h16H,2-11H2,1H3,(H2,15,17,19,20). The van der Waals surface area contributed by atoms with Crippen LogP contribution in [0.2, 0.25) is 0 Å². The van der Waals surface area contributed by atoms with Gasteiger partial charge in [0.1, 0.15) is 0 Å². The third-order valence-corrected chi connectivity index (χ3v) is 4.44. The fourth-order valence-electron chi connectivity index (χ4n) is 3.39. The molecule has 3 N–H and O–H groups in total. The summed E-state index contributed by atoms with van der Waals surface area (Å²) in [5, 5.41) is 8.21. The number of hydrogen-bond acceptors (Lipinski definition) is 4. The van der Waals surface area contributed by atoms with Gasteiger partial charge in [-0.25, -0.2) is 4.79 Å². The normalized spacial score (nSPS) is 27.2. The van der Waals surface area contributed by atoms with Gasteiger partial charge in [0, 0.05) is 33.1 Å². The molecule has 1 atom stereocenters. The van der Waals surface area contributed by atoms with E-state index < -0.39 is 6.03 Å². The Morgan fingerprint density at radius 2 is 2.10 bits per heavy atom. The SMILES string of the molecule is CNC(=O)NC(=O)CCN1CCCC2(CCCNC2)C1. The van der Waals surface area contributed by atoms with Gasteiger partial charge in [-0.3, -0.25) is 10.1 Å². The van der Waals surface area contributed by atoms with Crippen molar-refractivity contribution >= 4 is 11.9 Å². The van der Waals surface area contributed by atoms with Gasteiger partial charge >= 0.3 is 6.03 Å². The van der Waals surface area contributed by atoms with Crippen molar-refractivity contribution in [1.82, 2.24) is 20.9 Å². The highest BCUT2D eigenvalue weighted by atomic mass is 16.2. The van der Waals surface area contributed by atoms with Crippen LogP contribution in [-0.4, -0.2) is 56.6 Å². The van der Waals surface area contributed by atoms with E-state index in [0.29, 0.717) is 11.8 Å². The predicted octanol–water partition coefficient (Wildman–Crippen LogP) is 0.298. The van der Waals surface area contributed by atoms with E-state index in [-0.39, 0.29) is 5.91 Å². The van der Waals surface area contributed by atoms with Gasteiger partial charge in [-0.15, -0.1) is 0 Å². The molecule has 0 aromatic heterocycles. The largest absolute Gasteiger partial charge is 0.341 e. The smallest absolute Gasteiger partial charge is 0.321 e. The molecule has 2 rings (SSSR count). The first-order valence-electron chi connectivity index (χ1n) is 7.58. The lowest BCUT2D eigenvalue weighted by molar-refractivity contribution is -0.120. The van der Waals surface area contributed by atoms with Crippen LogP contribution in [0.3, 0.4) is 0 Å². The van der Waals surface area contributed by atoms with E-state index in [0.717, 1.165) is 32.7 Å². The van der Waals surface area contributed by atoms with E-state index in [1.807, 2.05) is 0 Å². The molecule has 0 saturated carbocycles. The van der Waals surface area contributed by atoms with E-state index in [1.165, 1.54) is 32.7 Å². The fraction of sp³-hybridized carbons (Fsp3) is 0.857. The van der Waals surface area contributed by atoms with Crippen molar-refractivity contribution in [1.29, 1.82) is 0 Å². The lowest BCUT2D eigenvalue weighted by atomic mass is 9.74. The molecule has 3 amide bonds. The number of likely N-dealkylation sites (tertiary alicyclic amines) is 1. The van der Waals surface area contributed by atoms with Gasteiger partial charge < -0.3 is 15.5 Å². The van der Waals surface area contributed by atoms with Crippen LogP contribution in [0.15, 0.2) is 0 Å². The third-order valence-electron chi connectivity index (χ3n) is 4.44. The molecule has 114 valence electrons. The quantitative estimate of drug-likeness (QED) is 0.696. The molecule has 1 spiro atoms. The number of carbonyl (C=O) groups is 2. The summed E-state index contributed by atoms with van der Waals surface area (Å²) in [5.41, 5.74) is 0.410. The molecule has 6 nitrogen and oxygen atoms in total. The molecule has 1 unspecified atom stereocenters. The molecular formula is C14H26N4O2.